The van der Waals surface area contributed by atoms with E-state index in [0.29, 0.717) is 6.42 Å². The Labute approximate surface area is 123 Å². The quantitative estimate of drug-likeness (QED) is 0.712. The van der Waals surface area contributed by atoms with E-state index >= 15 is 0 Å². The Balaban J connectivity index is 2.28. The molecule has 1 aliphatic carbocycles. The van der Waals surface area contributed by atoms with Crippen molar-refractivity contribution in [2.24, 2.45) is 0 Å². The van der Waals surface area contributed by atoms with Gasteiger partial charge in [-0.3, -0.25) is 4.79 Å². The van der Waals surface area contributed by atoms with Crippen molar-refractivity contribution in [3.63, 3.8) is 0 Å². The number of allylic oxidation sites excluding steroid dienone is 3. The standard InChI is InChI=1S/C16H26O3Si/c1-11-15(19-20(5,6)16(2,3)4)10-12-13(17)8-7-9-14(12)18-11/h10-11H,7-9H2,1-6H3/t11-/m1/s1. The molecule has 0 saturated heterocycles. The first-order valence-electron chi connectivity index (χ1n) is 7.45. The van der Waals surface area contributed by atoms with E-state index in [-0.39, 0.29) is 16.9 Å². The van der Waals surface area contributed by atoms with Crippen molar-refractivity contribution in [3.05, 3.63) is 23.2 Å². The van der Waals surface area contributed by atoms with Crippen LogP contribution in [0.25, 0.3) is 0 Å². The van der Waals surface area contributed by atoms with Crippen molar-refractivity contribution >= 4 is 14.1 Å². The fraction of sp³-hybridized carbons (Fsp3) is 0.688. The normalized spacial score (nSPS) is 24.0. The highest BCUT2D eigenvalue weighted by Crippen LogP contribution is 2.40. The zero-order valence-corrected chi connectivity index (χ0v) is 14.5. The van der Waals surface area contributed by atoms with E-state index in [1.807, 2.05) is 13.0 Å². The number of carbonyl (C=O) groups is 1. The highest BCUT2D eigenvalue weighted by Gasteiger charge is 2.41. The molecule has 3 nitrogen and oxygen atoms in total. The molecule has 0 fully saturated rings. The summed E-state index contributed by atoms with van der Waals surface area (Å²) in [5.74, 6) is 1.87. The summed E-state index contributed by atoms with van der Waals surface area (Å²) in [5.41, 5.74) is 0.739. The van der Waals surface area contributed by atoms with Gasteiger partial charge in [-0.25, -0.2) is 0 Å². The Kier molecular flexibility index (Phi) is 3.89. The third kappa shape index (κ3) is 2.85. The summed E-state index contributed by atoms with van der Waals surface area (Å²) in [6.07, 6.45) is 4.24. The number of hydrogen-bond acceptors (Lipinski definition) is 3. The van der Waals surface area contributed by atoms with E-state index in [4.69, 9.17) is 9.16 Å². The lowest BCUT2D eigenvalue weighted by molar-refractivity contribution is -0.116. The minimum Gasteiger partial charge on any atom is -0.544 e. The summed E-state index contributed by atoms with van der Waals surface area (Å²) in [5, 5.41) is 0.138. The van der Waals surface area contributed by atoms with E-state index in [2.05, 4.69) is 33.9 Å². The van der Waals surface area contributed by atoms with E-state index in [9.17, 15) is 4.79 Å². The number of hydrogen-bond donors (Lipinski definition) is 0. The lowest BCUT2D eigenvalue weighted by Gasteiger charge is -2.40. The Morgan fingerprint density at radius 2 is 1.95 bits per heavy atom. The number of Topliss-reactive ketones (excluding diaryl/α,β-unsaturated/α-hetero) is 1. The van der Waals surface area contributed by atoms with E-state index in [0.717, 1.165) is 29.9 Å². The van der Waals surface area contributed by atoms with Crippen LogP contribution in [0.15, 0.2) is 23.2 Å². The first-order chi connectivity index (χ1) is 9.12. The summed E-state index contributed by atoms with van der Waals surface area (Å²) >= 11 is 0. The van der Waals surface area contributed by atoms with Crippen molar-refractivity contribution in [3.8, 4) is 0 Å². The van der Waals surface area contributed by atoms with Crippen molar-refractivity contribution in [1.29, 1.82) is 0 Å². The van der Waals surface area contributed by atoms with E-state index in [1.165, 1.54) is 0 Å². The van der Waals surface area contributed by atoms with Crippen LogP contribution in [0.1, 0.15) is 47.0 Å². The number of rotatable bonds is 2. The maximum Gasteiger partial charge on any atom is 0.250 e. The Bertz CT molecular complexity index is 480. The molecule has 4 heteroatoms. The fourth-order valence-corrected chi connectivity index (χ4v) is 3.33. The van der Waals surface area contributed by atoms with Crippen LogP contribution < -0.4 is 0 Å². The molecule has 0 aromatic rings. The molecular weight excluding hydrogens is 268 g/mol. The SMILES string of the molecule is C[C@H]1OC2=C(C=C1O[Si](C)(C)C(C)(C)C)C(=O)CCC2. The van der Waals surface area contributed by atoms with Gasteiger partial charge < -0.3 is 9.16 Å². The zero-order valence-electron chi connectivity index (χ0n) is 13.5. The molecule has 1 aliphatic heterocycles. The Morgan fingerprint density at radius 3 is 2.55 bits per heavy atom. The smallest absolute Gasteiger partial charge is 0.250 e. The van der Waals surface area contributed by atoms with Crippen LogP contribution in [-0.2, 0) is 14.0 Å². The third-order valence-corrected chi connectivity index (χ3v) is 8.95. The highest BCUT2D eigenvalue weighted by molar-refractivity contribution is 6.74. The van der Waals surface area contributed by atoms with Crippen LogP contribution in [0.3, 0.4) is 0 Å². The molecule has 0 saturated carbocycles. The number of ketones is 1. The van der Waals surface area contributed by atoms with Gasteiger partial charge in [-0.1, -0.05) is 20.8 Å². The Morgan fingerprint density at radius 1 is 1.30 bits per heavy atom. The monoisotopic (exact) mass is 294 g/mol. The zero-order chi connectivity index (χ0) is 15.1. The largest absolute Gasteiger partial charge is 0.544 e. The topological polar surface area (TPSA) is 35.5 Å². The van der Waals surface area contributed by atoms with Crippen molar-refractivity contribution < 1.29 is 14.0 Å². The van der Waals surface area contributed by atoms with Crippen molar-refractivity contribution in [2.75, 3.05) is 0 Å². The van der Waals surface area contributed by atoms with Crippen LogP contribution in [0.5, 0.6) is 0 Å². The predicted octanol–water partition coefficient (Wildman–Crippen LogP) is 4.32. The molecule has 2 rings (SSSR count). The first kappa shape index (κ1) is 15.4. The summed E-state index contributed by atoms with van der Waals surface area (Å²) in [6, 6.07) is 0. The van der Waals surface area contributed by atoms with Crippen LogP contribution in [0.2, 0.25) is 18.1 Å². The summed E-state index contributed by atoms with van der Waals surface area (Å²) < 4.78 is 12.3. The van der Waals surface area contributed by atoms with Crippen molar-refractivity contribution in [1.82, 2.24) is 0 Å². The first-order valence-corrected chi connectivity index (χ1v) is 10.4. The fourth-order valence-electron chi connectivity index (χ4n) is 2.21. The molecule has 0 spiro atoms. The maximum atomic E-state index is 12.0. The molecule has 2 aliphatic rings. The van der Waals surface area contributed by atoms with Gasteiger partial charge in [0.2, 0.25) is 8.32 Å². The molecule has 1 heterocycles. The molecule has 20 heavy (non-hydrogen) atoms. The molecular formula is C16H26O3Si. The minimum atomic E-state index is -1.89. The van der Waals surface area contributed by atoms with Crippen LogP contribution in [-0.4, -0.2) is 20.2 Å². The van der Waals surface area contributed by atoms with Crippen molar-refractivity contribution in [2.45, 2.75) is 71.2 Å². The van der Waals surface area contributed by atoms with E-state index < -0.39 is 8.32 Å². The van der Waals surface area contributed by atoms with Crippen LogP contribution in [0, 0.1) is 0 Å². The molecule has 1 atom stereocenters. The lowest BCUT2D eigenvalue weighted by atomic mass is 9.93. The predicted molar refractivity (Wildman–Crippen MR) is 82.8 cm³/mol. The van der Waals surface area contributed by atoms with Gasteiger partial charge in [-0.2, -0.15) is 0 Å². The third-order valence-electron chi connectivity index (χ3n) is 4.59. The summed E-state index contributed by atoms with van der Waals surface area (Å²) in [4.78, 5) is 12.0. The highest BCUT2D eigenvalue weighted by atomic mass is 28.4. The van der Waals surface area contributed by atoms with Crippen LogP contribution in [0.4, 0.5) is 0 Å². The average molecular weight is 294 g/mol. The average Bonchev–Trinajstić information content (AvgIpc) is 2.29. The van der Waals surface area contributed by atoms with E-state index in [1.54, 1.807) is 0 Å². The van der Waals surface area contributed by atoms with Gasteiger partial charge in [0.05, 0.1) is 5.57 Å². The van der Waals surface area contributed by atoms with Crippen LogP contribution >= 0.6 is 0 Å². The second-order valence-corrected chi connectivity index (χ2v) is 12.0. The number of carbonyl (C=O) groups excluding carboxylic acids is 1. The Hall–Kier alpha value is -1.03. The number of ether oxygens (including phenoxy) is 1. The second-order valence-electron chi connectivity index (χ2n) is 7.28. The molecule has 0 bridgehead atoms. The van der Waals surface area contributed by atoms with Gasteiger partial charge in [0.15, 0.2) is 11.9 Å². The second kappa shape index (κ2) is 5.06. The van der Waals surface area contributed by atoms with Gasteiger partial charge in [0.1, 0.15) is 11.5 Å². The molecule has 0 amide bonds. The summed E-state index contributed by atoms with van der Waals surface area (Å²) in [7, 11) is -1.89. The van der Waals surface area contributed by atoms with Gasteiger partial charge >= 0.3 is 0 Å². The molecule has 0 unspecified atom stereocenters. The lowest BCUT2D eigenvalue weighted by Crippen LogP contribution is -2.42. The molecule has 0 radical (unpaired) electrons. The molecule has 0 aromatic carbocycles. The summed E-state index contributed by atoms with van der Waals surface area (Å²) in [6.45, 7) is 13.1. The molecule has 0 aromatic heterocycles. The maximum absolute atomic E-state index is 12.0. The molecule has 112 valence electrons. The van der Waals surface area contributed by atoms with Gasteiger partial charge in [0.25, 0.3) is 0 Å². The van der Waals surface area contributed by atoms with Gasteiger partial charge in [-0.05, 0) is 37.6 Å². The van der Waals surface area contributed by atoms with Gasteiger partial charge in [0, 0.05) is 12.8 Å². The van der Waals surface area contributed by atoms with Gasteiger partial charge in [-0.15, -0.1) is 0 Å². The minimum absolute atomic E-state index is 0.0891. The molecule has 0 N–H and O–H groups in total.